The van der Waals surface area contributed by atoms with Gasteiger partial charge in [0.15, 0.2) is 5.16 Å². The van der Waals surface area contributed by atoms with Gasteiger partial charge in [-0.3, -0.25) is 4.57 Å². The van der Waals surface area contributed by atoms with Crippen molar-refractivity contribution in [2.45, 2.75) is 30.1 Å². The Bertz CT molecular complexity index is 663. The molecule has 19 heavy (non-hydrogen) atoms. The van der Waals surface area contributed by atoms with Gasteiger partial charge in [-0.1, -0.05) is 0 Å². The molecule has 2 rings (SSSR count). The van der Waals surface area contributed by atoms with Crippen LogP contribution in [0.2, 0.25) is 0 Å². The van der Waals surface area contributed by atoms with Crippen LogP contribution < -0.4 is 5.69 Å². The lowest BCUT2D eigenvalue weighted by Gasteiger charge is -2.08. The van der Waals surface area contributed by atoms with Crippen LogP contribution in [0.4, 0.5) is 0 Å². The Morgan fingerprint density at radius 1 is 1.53 bits per heavy atom. The largest absolute Gasteiger partial charge is 0.478 e. The predicted molar refractivity (Wildman–Crippen MR) is 66.3 cm³/mol. The van der Waals surface area contributed by atoms with Gasteiger partial charge in [-0.15, -0.1) is 5.10 Å². The lowest BCUT2D eigenvalue weighted by atomic mass is 10.3. The lowest BCUT2D eigenvalue weighted by Crippen LogP contribution is -2.19. The Labute approximate surface area is 111 Å². The quantitative estimate of drug-likeness (QED) is 0.796. The van der Waals surface area contributed by atoms with Gasteiger partial charge >= 0.3 is 11.7 Å². The number of hydrogen-bond acceptors (Lipinski definition) is 6. The molecule has 0 fully saturated rings. The SMILES string of the molecule is CC(C)n1c(Sc2ncncc2C(=O)O)n[nH]c1=O. The monoisotopic (exact) mass is 281 g/mol. The maximum atomic E-state index is 11.6. The average molecular weight is 281 g/mol. The first-order chi connectivity index (χ1) is 9.00. The number of carboxylic acid groups (broad SMARTS) is 1. The summed E-state index contributed by atoms with van der Waals surface area (Å²) >= 11 is 1.01. The molecule has 0 saturated heterocycles. The van der Waals surface area contributed by atoms with Crippen molar-refractivity contribution in [3.63, 3.8) is 0 Å². The standard InChI is InChI=1S/C10H11N5O3S/c1-5(2)15-9(18)13-14-10(15)19-7-6(8(16)17)3-11-4-12-7/h3-5H,1-2H3,(H,13,18)(H,16,17). The second-order valence-electron chi connectivity index (χ2n) is 3.92. The minimum atomic E-state index is -1.13. The van der Waals surface area contributed by atoms with Crippen LogP contribution in [0.3, 0.4) is 0 Å². The zero-order chi connectivity index (χ0) is 14.0. The highest BCUT2D eigenvalue weighted by Crippen LogP contribution is 2.27. The van der Waals surface area contributed by atoms with Crippen molar-refractivity contribution in [1.29, 1.82) is 0 Å². The molecule has 0 aromatic carbocycles. The number of nitrogens with one attached hydrogen (secondary N) is 1. The van der Waals surface area contributed by atoms with Crippen molar-refractivity contribution in [2.24, 2.45) is 0 Å². The van der Waals surface area contributed by atoms with Crippen LogP contribution in [-0.4, -0.2) is 35.8 Å². The van der Waals surface area contributed by atoms with Gasteiger partial charge in [0.05, 0.1) is 0 Å². The summed E-state index contributed by atoms with van der Waals surface area (Å²) in [7, 11) is 0. The van der Waals surface area contributed by atoms with Crippen LogP contribution in [0.15, 0.2) is 27.5 Å². The summed E-state index contributed by atoms with van der Waals surface area (Å²) in [6.07, 6.45) is 2.46. The Balaban J connectivity index is 2.43. The molecule has 2 heterocycles. The fourth-order valence-corrected chi connectivity index (χ4v) is 2.46. The summed E-state index contributed by atoms with van der Waals surface area (Å²) in [6.45, 7) is 3.66. The number of aromatic amines is 1. The number of nitrogens with zero attached hydrogens (tertiary/aromatic N) is 4. The molecule has 0 aliphatic rings. The molecular weight excluding hydrogens is 270 g/mol. The van der Waals surface area contributed by atoms with Crippen LogP contribution in [-0.2, 0) is 0 Å². The van der Waals surface area contributed by atoms with Crippen LogP contribution in [0.25, 0.3) is 0 Å². The maximum Gasteiger partial charge on any atom is 0.344 e. The van der Waals surface area contributed by atoms with Gasteiger partial charge in [0, 0.05) is 12.2 Å². The molecule has 0 atom stereocenters. The summed E-state index contributed by atoms with van der Waals surface area (Å²) in [5.41, 5.74) is -0.373. The molecule has 0 amide bonds. The molecule has 2 aromatic rings. The first-order valence-electron chi connectivity index (χ1n) is 5.38. The highest BCUT2D eigenvalue weighted by atomic mass is 32.2. The Hall–Kier alpha value is -2.16. The van der Waals surface area contributed by atoms with E-state index in [2.05, 4.69) is 20.2 Å². The lowest BCUT2D eigenvalue weighted by molar-refractivity contribution is 0.0691. The third-order valence-corrected chi connectivity index (χ3v) is 3.27. The molecule has 0 saturated carbocycles. The van der Waals surface area contributed by atoms with Crippen molar-refractivity contribution in [1.82, 2.24) is 24.7 Å². The van der Waals surface area contributed by atoms with Crippen LogP contribution in [0, 0.1) is 0 Å². The molecule has 0 aliphatic heterocycles. The molecule has 2 N–H and O–H groups in total. The van der Waals surface area contributed by atoms with Crippen molar-refractivity contribution in [2.75, 3.05) is 0 Å². The number of hydrogen-bond donors (Lipinski definition) is 2. The molecule has 0 spiro atoms. The maximum absolute atomic E-state index is 11.6. The molecule has 0 bridgehead atoms. The van der Waals surface area contributed by atoms with Crippen LogP contribution in [0.1, 0.15) is 30.2 Å². The number of rotatable bonds is 4. The van der Waals surface area contributed by atoms with Gasteiger partial charge in [-0.25, -0.2) is 24.7 Å². The van der Waals surface area contributed by atoms with E-state index in [4.69, 9.17) is 5.11 Å². The summed E-state index contributed by atoms with van der Waals surface area (Å²) in [5, 5.41) is 15.8. The van der Waals surface area contributed by atoms with E-state index in [-0.39, 0.29) is 22.3 Å². The predicted octanol–water partition coefficient (Wildman–Crippen LogP) is 0.792. The highest BCUT2D eigenvalue weighted by Gasteiger charge is 2.18. The van der Waals surface area contributed by atoms with Crippen molar-refractivity contribution >= 4 is 17.7 Å². The molecule has 8 nitrogen and oxygen atoms in total. The van der Waals surface area contributed by atoms with Gasteiger partial charge < -0.3 is 5.11 Å². The van der Waals surface area contributed by atoms with E-state index >= 15 is 0 Å². The summed E-state index contributed by atoms with van der Waals surface area (Å²) in [6, 6.07) is -0.0936. The fourth-order valence-electron chi connectivity index (χ4n) is 1.45. The molecule has 0 aliphatic carbocycles. The fraction of sp³-hybridized carbons (Fsp3) is 0.300. The molecule has 100 valence electrons. The van der Waals surface area contributed by atoms with Crippen LogP contribution in [0.5, 0.6) is 0 Å². The molecule has 0 unspecified atom stereocenters. The second kappa shape index (κ2) is 5.22. The third kappa shape index (κ3) is 2.65. The van der Waals surface area contributed by atoms with Gasteiger partial charge in [-0.05, 0) is 25.6 Å². The minimum Gasteiger partial charge on any atom is -0.478 e. The second-order valence-corrected chi connectivity index (χ2v) is 4.88. The highest BCUT2D eigenvalue weighted by molar-refractivity contribution is 7.99. The molecule has 0 radical (unpaired) electrons. The topological polar surface area (TPSA) is 114 Å². The summed E-state index contributed by atoms with van der Waals surface area (Å²) in [5.74, 6) is -1.13. The van der Waals surface area contributed by atoms with E-state index in [9.17, 15) is 9.59 Å². The Morgan fingerprint density at radius 3 is 2.89 bits per heavy atom. The van der Waals surface area contributed by atoms with E-state index < -0.39 is 5.97 Å². The first-order valence-corrected chi connectivity index (χ1v) is 6.20. The van der Waals surface area contributed by atoms with Crippen LogP contribution >= 0.6 is 11.8 Å². The zero-order valence-corrected chi connectivity index (χ0v) is 11.0. The third-order valence-electron chi connectivity index (χ3n) is 2.28. The zero-order valence-electron chi connectivity index (χ0n) is 10.2. The minimum absolute atomic E-state index is 0.0294. The Morgan fingerprint density at radius 2 is 2.26 bits per heavy atom. The van der Waals surface area contributed by atoms with E-state index in [0.717, 1.165) is 11.8 Å². The average Bonchev–Trinajstić information content (AvgIpc) is 2.71. The van der Waals surface area contributed by atoms with E-state index in [1.165, 1.54) is 17.1 Å². The van der Waals surface area contributed by atoms with Crippen molar-refractivity contribution in [3.05, 3.63) is 28.6 Å². The van der Waals surface area contributed by atoms with Crippen molar-refractivity contribution in [3.8, 4) is 0 Å². The number of aromatic nitrogens is 5. The normalized spacial score (nSPS) is 10.9. The summed E-state index contributed by atoms with van der Waals surface area (Å²) in [4.78, 5) is 30.2. The van der Waals surface area contributed by atoms with E-state index in [0.29, 0.717) is 5.16 Å². The molecular formula is C10H11N5O3S. The molecule has 2 aromatic heterocycles. The number of carboxylic acids is 1. The van der Waals surface area contributed by atoms with Gasteiger partial charge in [0.1, 0.15) is 16.9 Å². The van der Waals surface area contributed by atoms with E-state index in [1.807, 2.05) is 13.8 Å². The number of aromatic carboxylic acids is 1. The van der Waals surface area contributed by atoms with Gasteiger partial charge in [0.25, 0.3) is 0 Å². The number of H-pyrrole nitrogens is 1. The molecule has 9 heteroatoms. The number of carbonyl (C=O) groups is 1. The first kappa shape index (κ1) is 13.3. The smallest absolute Gasteiger partial charge is 0.344 e. The van der Waals surface area contributed by atoms with Gasteiger partial charge in [0.2, 0.25) is 0 Å². The Kier molecular flexibility index (Phi) is 3.65. The van der Waals surface area contributed by atoms with Gasteiger partial charge in [-0.2, -0.15) is 0 Å². The van der Waals surface area contributed by atoms with Crippen molar-refractivity contribution < 1.29 is 9.90 Å². The summed E-state index contributed by atoms with van der Waals surface area (Å²) < 4.78 is 1.43. The van der Waals surface area contributed by atoms with E-state index in [1.54, 1.807) is 0 Å².